The molecule has 0 aliphatic carbocycles. The Labute approximate surface area is 179 Å². The first-order valence-electron chi connectivity index (χ1n) is 9.76. The Morgan fingerprint density at radius 3 is 2.16 bits per heavy atom. The van der Waals surface area contributed by atoms with E-state index in [0.717, 1.165) is 22.5 Å². The molecule has 1 aromatic heterocycles. The van der Waals surface area contributed by atoms with Crippen molar-refractivity contribution in [2.24, 2.45) is 0 Å². The zero-order valence-corrected chi connectivity index (χ0v) is 16.6. The maximum Gasteiger partial charge on any atom is 0.335 e. The number of hydrogen-bond acceptors (Lipinski definition) is 4. The van der Waals surface area contributed by atoms with Gasteiger partial charge in [0.15, 0.2) is 0 Å². The van der Waals surface area contributed by atoms with E-state index in [0.29, 0.717) is 12.2 Å². The van der Waals surface area contributed by atoms with Gasteiger partial charge in [-0.3, -0.25) is 4.79 Å². The number of para-hydroxylation sites is 1. The summed E-state index contributed by atoms with van der Waals surface area (Å²) in [4.78, 5) is 23.6. The number of nitrogens with one attached hydrogen (secondary N) is 1. The van der Waals surface area contributed by atoms with Gasteiger partial charge in [-0.05, 0) is 29.8 Å². The highest BCUT2D eigenvalue weighted by Gasteiger charge is 2.18. The Bertz CT molecular complexity index is 1190. The third kappa shape index (κ3) is 4.67. The highest BCUT2D eigenvalue weighted by atomic mass is 16.4. The van der Waals surface area contributed by atoms with Crippen molar-refractivity contribution in [3.8, 4) is 16.9 Å². The number of amides is 1. The second-order valence-electron chi connectivity index (χ2n) is 6.95. The monoisotopic (exact) mass is 412 g/mol. The minimum absolute atomic E-state index is 0.0737. The standard InChI is InChI=1S/C24H20N4O3/c29-22(25-16-17-11-13-19(14-12-17)24(30)31)15-21-23(18-7-3-1-4-8-18)28(27-26-21)20-9-5-2-6-10-20/h1-14H,15-16H2,(H,25,29)(H,30,31). The normalized spacial score (nSPS) is 10.6. The SMILES string of the molecule is O=C(Cc1nnn(-c2ccccc2)c1-c1ccccc1)NCc1ccc(C(=O)O)cc1. The number of carboxylic acid groups (broad SMARTS) is 1. The number of rotatable bonds is 7. The summed E-state index contributed by atoms with van der Waals surface area (Å²) >= 11 is 0. The van der Waals surface area contributed by atoms with E-state index < -0.39 is 5.97 Å². The lowest BCUT2D eigenvalue weighted by atomic mass is 10.1. The van der Waals surface area contributed by atoms with Crippen LogP contribution in [0.15, 0.2) is 84.9 Å². The molecule has 4 rings (SSSR count). The quantitative estimate of drug-likeness (QED) is 0.484. The first kappa shape index (κ1) is 20.0. The number of carbonyl (C=O) groups excluding carboxylic acids is 1. The van der Waals surface area contributed by atoms with E-state index in [9.17, 15) is 9.59 Å². The van der Waals surface area contributed by atoms with Gasteiger partial charge in [-0.1, -0.05) is 65.9 Å². The molecule has 0 saturated carbocycles. The van der Waals surface area contributed by atoms with E-state index in [1.807, 2.05) is 60.7 Å². The van der Waals surface area contributed by atoms with Crippen molar-refractivity contribution in [1.29, 1.82) is 0 Å². The van der Waals surface area contributed by atoms with Crippen LogP contribution >= 0.6 is 0 Å². The van der Waals surface area contributed by atoms with Crippen LogP contribution in [0.5, 0.6) is 0 Å². The number of aromatic carboxylic acids is 1. The Hall–Kier alpha value is -4.26. The molecule has 0 atom stereocenters. The van der Waals surface area contributed by atoms with Crippen LogP contribution < -0.4 is 5.32 Å². The summed E-state index contributed by atoms with van der Waals surface area (Å²) in [5, 5.41) is 20.4. The second kappa shape index (κ2) is 9.04. The van der Waals surface area contributed by atoms with Crippen LogP contribution in [0.2, 0.25) is 0 Å². The van der Waals surface area contributed by atoms with E-state index in [2.05, 4.69) is 15.6 Å². The van der Waals surface area contributed by atoms with Crippen LogP contribution in [-0.2, 0) is 17.8 Å². The van der Waals surface area contributed by atoms with Crippen molar-refractivity contribution in [3.05, 3.63) is 102 Å². The Morgan fingerprint density at radius 1 is 0.871 bits per heavy atom. The molecule has 0 radical (unpaired) electrons. The van der Waals surface area contributed by atoms with Crippen molar-refractivity contribution in [2.75, 3.05) is 0 Å². The van der Waals surface area contributed by atoms with Crippen LogP contribution in [0.25, 0.3) is 16.9 Å². The highest BCUT2D eigenvalue weighted by Crippen LogP contribution is 2.25. The maximum absolute atomic E-state index is 12.6. The Morgan fingerprint density at radius 2 is 1.52 bits per heavy atom. The number of nitrogens with zero attached hydrogens (tertiary/aromatic N) is 3. The van der Waals surface area contributed by atoms with Gasteiger partial charge >= 0.3 is 5.97 Å². The van der Waals surface area contributed by atoms with E-state index in [-0.39, 0.29) is 17.9 Å². The predicted molar refractivity (Wildman–Crippen MR) is 116 cm³/mol. The summed E-state index contributed by atoms with van der Waals surface area (Å²) in [5.41, 5.74) is 4.15. The molecule has 0 spiro atoms. The van der Waals surface area contributed by atoms with Gasteiger partial charge in [-0.25, -0.2) is 9.48 Å². The Kier molecular flexibility index (Phi) is 5.84. The fraction of sp³-hybridized carbons (Fsp3) is 0.0833. The molecular weight excluding hydrogens is 392 g/mol. The van der Waals surface area contributed by atoms with Crippen molar-refractivity contribution >= 4 is 11.9 Å². The number of carbonyl (C=O) groups is 2. The maximum atomic E-state index is 12.6. The average Bonchev–Trinajstić information content (AvgIpc) is 3.22. The average molecular weight is 412 g/mol. The van der Waals surface area contributed by atoms with Crippen LogP contribution in [0.4, 0.5) is 0 Å². The molecule has 0 aliphatic rings. The van der Waals surface area contributed by atoms with Gasteiger partial charge in [0, 0.05) is 12.1 Å². The molecule has 1 amide bonds. The fourth-order valence-electron chi connectivity index (χ4n) is 3.25. The Balaban J connectivity index is 1.53. The van der Waals surface area contributed by atoms with Crippen molar-refractivity contribution in [3.63, 3.8) is 0 Å². The zero-order chi connectivity index (χ0) is 21.6. The minimum atomic E-state index is -0.981. The summed E-state index contributed by atoms with van der Waals surface area (Å²) in [6.45, 7) is 0.298. The number of hydrogen-bond donors (Lipinski definition) is 2. The zero-order valence-electron chi connectivity index (χ0n) is 16.6. The largest absolute Gasteiger partial charge is 0.478 e. The number of aromatic nitrogens is 3. The van der Waals surface area contributed by atoms with Gasteiger partial charge in [0.05, 0.1) is 23.4 Å². The number of benzene rings is 3. The van der Waals surface area contributed by atoms with E-state index in [1.54, 1.807) is 16.8 Å². The van der Waals surface area contributed by atoms with E-state index in [1.165, 1.54) is 12.1 Å². The van der Waals surface area contributed by atoms with Crippen LogP contribution in [0, 0.1) is 0 Å². The lowest BCUT2D eigenvalue weighted by molar-refractivity contribution is -0.120. The van der Waals surface area contributed by atoms with Gasteiger partial charge in [0.2, 0.25) is 5.91 Å². The molecule has 2 N–H and O–H groups in total. The molecule has 0 fully saturated rings. The van der Waals surface area contributed by atoms with Crippen LogP contribution in [-0.4, -0.2) is 32.0 Å². The van der Waals surface area contributed by atoms with Gasteiger partial charge in [-0.2, -0.15) is 0 Å². The summed E-state index contributed by atoms with van der Waals surface area (Å²) < 4.78 is 1.74. The van der Waals surface area contributed by atoms with Crippen LogP contribution in [0.3, 0.4) is 0 Å². The molecule has 7 nitrogen and oxygen atoms in total. The smallest absolute Gasteiger partial charge is 0.335 e. The van der Waals surface area contributed by atoms with Crippen LogP contribution in [0.1, 0.15) is 21.6 Å². The highest BCUT2D eigenvalue weighted by molar-refractivity contribution is 5.87. The molecule has 0 aliphatic heterocycles. The third-order valence-electron chi connectivity index (χ3n) is 4.81. The lowest BCUT2D eigenvalue weighted by Gasteiger charge is -2.09. The van der Waals surface area contributed by atoms with E-state index in [4.69, 9.17) is 5.11 Å². The summed E-state index contributed by atoms with van der Waals surface area (Å²) in [7, 11) is 0. The second-order valence-corrected chi connectivity index (χ2v) is 6.95. The molecule has 0 saturated heterocycles. The lowest BCUT2D eigenvalue weighted by Crippen LogP contribution is -2.25. The third-order valence-corrected chi connectivity index (χ3v) is 4.81. The van der Waals surface area contributed by atoms with Gasteiger partial charge < -0.3 is 10.4 Å². The first-order chi connectivity index (χ1) is 15.1. The predicted octanol–water partition coefficient (Wildman–Crippen LogP) is 3.49. The molecule has 0 unspecified atom stereocenters. The molecule has 7 heteroatoms. The van der Waals surface area contributed by atoms with Gasteiger partial charge in [0.1, 0.15) is 5.69 Å². The first-order valence-corrected chi connectivity index (χ1v) is 9.76. The summed E-state index contributed by atoms with van der Waals surface area (Å²) in [5.74, 6) is -1.18. The molecule has 154 valence electrons. The molecule has 4 aromatic rings. The fourth-order valence-corrected chi connectivity index (χ4v) is 3.25. The van der Waals surface area contributed by atoms with Crippen molar-refractivity contribution in [1.82, 2.24) is 20.3 Å². The molecular formula is C24H20N4O3. The van der Waals surface area contributed by atoms with Crippen molar-refractivity contribution < 1.29 is 14.7 Å². The molecule has 1 heterocycles. The summed E-state index contributed by atoms with van der Waals surface area (Å²) in [6, 6.07) is 25.8. The van der Waals surface area contributed by atoms with Crippen molar-refractivity contribution in [2.45, 2.75) is 13.0 Å². The molecule has 3 aromatic carbocycles. The molecule has 0 bridgehead atoms. The number of carboxylic acids is 1. The molecule has 31 heavy (non-hydrogen) atoms. The summed E-state index contributed by atoms with van der Waals surface area (Å²) in [6.07, 6.45) is 0.0737. The van der Waals surface area contributed by atoms with E-state index >= 15 is 0 Å². The minimum Gasteiger partial charge on any atom is -0.478 e. The van der Waals surface area contributed by atoms with Gasteiger partial charge in [-0.15, -0.1) is 5.10 Å². The topological polar surface area (TPSA) is 97.1 Å². The van der Waals surface area contributed by atoms with Gasteiger partial charge in [0.25, 0.3) is 0 Å².